The molecule has 0 N–H and O–H groups in total. The quantitative estimate of drug-likeness (QED) is 0.574. The van der Waals surface area contributed by atoms with Crippen LogP contribution in [0.3, 0.4) is 0 Å². The molecule has 0 bridgehead atoms. The summed E-state index contributed by atoms with van der Waals surface area (Å²) < 4.78 is 2.32. The maximum atomic E-state index is 4.59. The molecular weight excluding hydrogens is 280 g/mol. The number of nitrogens with zero attached hydrogens (tertiary/aromatic N) is 2. The molecule has 116 valence electrons. The largest absolute Gasteiger partial charge is 0.318 e. The lowest BCUT2D eigenvalue weighted by Crippen LogP contribution is -2.03. The van der Waals surface area contributed by atoms with Crippen molar-refractivity contribution in [1.82, 2.24) is 4.57 Å². The summed E-state index contributed by atoms with van der Waals surface area (Å²) in [7, 11) is 0. The van der Waals surface area contributed by atoms with Crippen LogP contribution in [0.5, 0.6) is 0 Å². The second-order valence-corrected chi connectivity index (χ2v) is 5.74. The van der Waals surface area contributed by atoms with Gasteiger partial charge in [-0.25, -0.2) is 0 Å². The van der Waals surface area contributed by atoms with E-state index in [1.165, 1.54) is 22.6 Å². The van der Waals surface area contributed by atoms with E-state index < -0.39 is 0 Å². The van der Waals surface area contributed by atoms with Gasteiger partial charge in [0.15, 0.2) is 0 Å². The van der Waals surface area contributed by atoms with Crippen molar-refractivity contribution in [1.29, 1.82) is 0 Å². The third kappa shape index (κ3) is 3.11. The van der Waals surface area contributed by atoms with Gasteiger partial charge in [-0.15, -0.1) is 0 Å². The lowest BCUT2D eigenvalue weighted by Gasteiger charge is -2.13. The van der Waals surface area contributed by atoms with Crippen molar-refractivity contribution >= 4 is 11.9 Å². The number of benzene rings is 2. The van der Waals surface area contributed by atoms with E-state index in [4.69, 9.17) is 0 Å². The number of aromatic nitrogens is 1. The van der Waals surface area contributed by atoms with Gasteiger partial charge in [0.05, 0.1) is 5.69 Å². The predicted octanol–water partition coefficient (Wildman–Crippen LogP) is 5.41. The van der Waals surface area contributed by atoms with Crippen LogP contribution in [-0.2, 0) is 6.42 Å². The number of hydrogen-bond acceptors (Lipinski definition) is 1. The zero-order valence-electron chi connectivity index (χ0n) is 14.0. The van der Waals surface area contributed by atoms with Crippen molar-refractivity contribution in [3.8, 4) is 5.69 Å². The van der Waals surface area contributed by atoms with Crippen LogP contribution in [0.25, 0.3) is 5.69 Å². The van der Waals surface area contributed by atoms with Crippen LogP contribution in [0, 0.1) is 13.8 Å². The summed E-state index contributed by atoms with van der Waals surface area (Å²) in [6, 6.07) is 20.9. The summed E-state index contributed by atoms with van der Waals surface area (Å²) in [6.07, 6.45) is 2.99. The highest BCUT2D eigenvalue weighted by atomic mass is 15.0. The third-order valence-electron chi connectivity index (χ3n) is 4.19. The van der Waals surface area contributed by atoms with Gasteiger partial charge in [-0.1, -0.05) is 43.3 Å². The third-order valence-corrected chi connectivity index (χ3v) is 4.19. The van der Waals surface area contributed by atoms with Crippen molar-refractivity contribution in [2.45, 2.75) is 27.2 Å². The van der Waals surface area contributed by atoms with Crippen LogP contribution >= 0.6 is 0 Å². The number of hydrogen-bond donors (Lipinski definition) is 0. The molecule has 1 aromatic heterocycles. The topological polar surface area (TPSA) is 17.3 Å². The Kier molecular flexibility index (Phi) is 4.42. The zero-order valence-corrected chi connectivity index (χ0v) is 14.0. The van der Waals surface area contributed by atoms with Gasteiger partial charge in [-0.2, -0.15) is 0 Å². The monoisotopic (exact) mass is 302 g/mol. The van der Waals surface area contributed by atoms with E-state index in [1.807, 2.05) is 36.5 Å². The molecule has 2 nitrogen and oxygen atoms in total. The molecule has 0 aliphatic heterocycles. The van der Waals surface area contributed by atoms with E-state index in [-0.39, 0.29) is 0 Å². The predicted molar refractivity (Wildman–Crippen MR) is 98.3 cm³/mol. The van der Waals surface area contributed by atoms with Crippen LogP contribution in [0.1, 0.15) is 29.4 Å². The van der Waals surface area contributed by atoms with Gasteiger partial charge in [0.1, 0.15) is 0 Å². The van der Waals surface area contributed by atoms with Crippen LogP contribution in [-0.4, -0.2) is 10.8 Å². The Bertz CT molecular complexity index is 826. The first-order chi connectivity index (χ1) is 11.2. The fourth-order valence-corrected chi connectivity index (χ4v) is 2.98. The molecular formula is C21H22N2. The van der Waals surface area contributed by atoms with Crippen LogP contribution < -0.4 is 0 Å². The molecule has 0 saturated carbocycles. The van der Waals surface area contributed by atoms with E-state index in [9.17, 15) is 0 Å². The highest BCUT2D eigenvalue weighted by molar-refractivity contribution is 5.84. The van der Waals surface area contributed by atoms with Crippen LogP contribution in [0.2, 0.25) is 0 Å². The second kappa shape index (κ2) is 6.66. The Balaban J connectivity index is 2.02. The fourth-order valence-electron chi connectivity index (χ4n) is 2.98. The average molecular weight is 302 g/mol. The first-order valence-corrected chi connectivity index (χ1v) is 8.07. The molecule has 2 aromatic carbocycles. The van der Waals surface area contributed by atoms with Crippen molar-refractivity contribution in [2.75, 3.05) is 0 Å². The summed E-state index contributed by atoms with van der Waals surface area (Å²) in [6.45, 7) is 6.51. The molecule has 0 fully saturated rings. The van der Waals surface area contributed by atoms with E-state index in [2.05, 4.69) is 60.7 Å². The molecule has 0 aliphatic carbocycles. The molecule has 0 spiro atoms. The standard InChI is InChI=1S/C21H22N2/c1-4-18-10-8-9-13-21(18)23-16(2)14-19(17(23)3)15-22-20-11-6-5-7-12-20/h5-15H,4H2,1-3H3. The van der Waals surface area contributed by atoms with Crippen molar-refractivity contribution in [3.05, 3.63) is 83.2 Å². The smallest absolute Gasteiger partial charge is 0.0629 e. The molecule has 23 heavy (non-hydrogen) atoms. The Morgan fingerprint density at radius 3 is 2.39 bits per heavy atom. The van der Waals surface area contributed by atoms with Crippen molar-refractivity contribution < 1.29 is 0 Å². The molecule has 0 amide bonds. The number of aliphatic imine (C=N–C) groups is 1. The normalized spacial score (nSPS) is 11.3. The minimum Gasteiger partial charge on any atom is -0.318 e. The summed E-state index contributed by atoms with van der Waals surface area (Å²) in [4.78, 5) is 4.59. The maximum absolute atomic E-state index is 4.59. The Morgan fingerprint density at radius 2 is 1.65 bits per heavy atom. The summed E-state index contributed by atoms with van der Waals surface area (Å²) >= 11 is 0. The minimum absolute atomic E-state index is 0.978. The number of rotatable bonds is 4. The van der Waals surface area contributed by atoms with Gasteiger partial charge in [0.25, 0.3) is 0 Å². The fraction of sp³-hybridized carbons (Fsp3) is 0.190. The van der Waals surface area contributed by atoms with Gasteiger partial charge in [-0.3, -0.25) is 4.99 Å². The van der Waals surface area contributed by atoms with Crippen molar-refractivity contribution in [2.24, 2.45) is 4.99 Å². The Labute approximate surface area is 138 Å². The number of aryl methyl sites for hydroxylation is 2. The molecule has 3 rings (SSSR count). The summed E-state index contributed by atoms with van der Waals surface area (Å²) in [5, 5.41) is 0. The molecule has 0 atom stereocenters. The van der Waals surface area contributed by atoms with E-state index in [1.54, 1.807) is 0 Å². The molecule has 3 aromatic rings. The highest BCUT2D eigenvalue weighted by Crippen LogP contribution is 2.23. The lowest BCUT2D eigenvalue weighted by molar-refractivity contribution is 0.937. The molecule has 0 radical (unpaired) electrons. The van der Waals surface area contributed by atoms with E-state index in [0.717, 1.165) is 17.7 Å². The van der Waals surface area contributed by atoms with Gasteiger partial charge < -0.3 is 4.57 Å². The number of para-hydroxylation sites is 2. The maximum Gasteiger partial charge on any atom is 0.0629 e. The summed E-state index contributed by atoms with van der Waals surface area (Å²) in [5.74, 6) is 0. The van der Waals surface area contributed by atoms with Gasteiger partial charge >= 0.3 is 0 Å². The molecule has 1 heterocycles. The van der Waals surface area contributed by atoms with Gasteiger partial charge in [-0.05, 0) is 50.1 Å². The minimum atomic E-state index is 0.978. The Morgan fingerprint density at radius 1 is 0.957 bits per heavy atom. The van der Waals surface area contributed by atoms with E-state index in [0.29, 0.717) is 0 Å². The Hall–Kier alpha value is -2.61. The average Bonchev–Trinajstić information content (AvgIpc) is 2.87. The first-order valence-electron chi connectivity index (χ1n) is 8.07. The molecule has 2 heteroatoms. The molecule has 0 saturated heterocycles. The lowest BCUT2D eigenvalue weighted by atomic mass is 10.1. The molecule has 0 aliphatic rings. The summed E-state index contributed by atoms with van der Waals surface area (Å²) in [5.41, 5.74) is 7.23. The van der Waals surface area contributed by atoms with E-state index >= 15 is 0 Å². The van der Waals surface area contributed by atoms with Gasteiger partial charge in [0, 0.05) is 28.9 Å². The SMILES string of the molecule is CCc1ccccc1-n1c(C)cc(C=Nc2ccccc2)c1C. The highest BCUT2D eigenvalue weighted by Gasteiger charge is 2.11. The second-order valence-electron chi connectivity index (χ2n) is 5.74. The first kappa shape index (κ1) is 15.3. The van der Waals surface area contributed by atoms with Gasteiger partial charge in [0.2, 0.25) is 0 Å². The van der Waals surface area contributed by atoms with Crippen LogP contribution in [0.4, 0.5) is 5.69 Å². The van der Waals surface area contributed by atoms with Crippen LogP contribution in [0.15, 0.2) is 65.7 Å². The molecule has 0 unspecified atom stereocenters. The van der Waals surface area contributed by atoms with Crippen molar-refractivity contribution in [3.63, 3.8) is 0 Å². The zero-order chi connectivity index (χ0) is 16.2.